The van der Waals surface area contributed by atoms with E-state index in [9.17, 15) is 24.3 Å². The molecule has 1 rings (SSSR count). The van der Waals surface area contributed by atoms with Crippen LogP contribution in [0.25, 0.3) is 0 Å². The van der Waals surface area contributed by atoms with E-state index < -0.39 is 53.8 Å². The minimum Gasteiger partial charge on any atom is -0.480 e. The quantitative estimate of drug-likeness (QED) is 0.0518. The van der Waals surface area contributed by atoms with Crippen LogP contribution in [0.2, 0.25) is 0 Å². The van der Waals surface area contributed by atoms with Gasteiger partial charge in [0.05, 0.1) is 12.4 Å². The summed E-state index contributed by atoms with van der Waals surface area (Å²) < 4.78 is 0. The highest BCUT2D eigenvalue weighted by atomic mass is 32.1. The molecule has 0 fully saturated rings. The topological polar surface area (TPSA) is 244 Å². The lowest BCUT2D eigenvalue weighted by Gasteiger charge is -2.27. The molecular weight excluding hydrogens is 478 g/mol. The van der Waals surface area contributed by atoms with Crippen molar-refractivity contribution in [2.24, 2.45) is 28.1 Å². The van der Waals surface area contributed by atoms with Crippen LogP contribution in [0.15, 0.2) is 17.5 Å². The lowest BCUT2D eigenvalue weighted by molar-refractivity contribution is -0.142. The molecular formula is C20H35N9O5S. The summed E-state index contributed by atoms with van der Waals surface area (Å²) in [6.07, 6.45) is 3.38. The molecule has 35 heavy (non-hydrogen) atoms. The van der Waals surface area contributed by atoms with Gasteiger partial charge in [0, 0.05) is 30.6 Å². The number of guanidine groups is 1. The van der Waals surface area contributed by atoms with Gasteiger partial charge in [-0.05, 0) is 18.8 Å². The number of carbonyl (C=O) groups excluding carboxylic acids is 3. The first-order valence-corrected chi connectivity index (χ1v) is 11.6. The molecule has 11 N–H and O–H groups in total. The van der Waals surface area contributed by atoms with Crippen molar-refractivity contribution in [3.8, 4) is 0 Å². The second-order valence-corrected chi connectivity index (χ2v) is 8.57. The number of imidazole rings is 1. The van der Waals surface area contributed by atoms with E-state index in [1.54, 1.807) is 13.8 Å². The Labute approximate surface area is 208 Å². The Kier molecular flexibility index (Phi) is 12.6. The van der Waals surface area contributed by atoms with Crippen molar-refractivity contribution >= 4 is 42.3 Å². The van der Waals surface area contributed by atoms with E-state index in [2.05, 4.69) is 43.5 Å². The Morgan fingerprint density at radius 2 is 1.77 bits per heavy atom. The van der Waals surface area contributed by atoms with Crippen LogP contribution in [0.1, 0.15) is 32.4 Å². The van der Waals surface area contributed by atoms with Gasteiger partial charge in [-0.3, -0.25) is 19.4 Å². The molecule has 0 aliphatic carbocycles. The molecule has 0 bridgehead atoms. The Hall–Kier alpha value is -3.33. The summed E-state index contributed by atoms with van der Waals surface area (Å²) in [5.74, 6) is -3.58. The Balaban J connectivity index is 2.93. The van der Waals surface area contributed by atoms with Gasteiger partial charge in [0.25, 0.3) is 0 Å². The predicted molar refractivity (Wildman–Crippen MR) is 132 cm³/mol. The summed E-state index contributed by atoms with van der Waals surface area (Å²) in [5.41, 5.74) is 16.8. The number of carboxylic acids is 1. The molecule has 0 saturated carbocycles. The van der Waals surface area contributed by atoms with Crippen LogP contribution in [0.3, 0.4) is 0 Å². The third-order valence-corrected chi connectivity index (χ3v) is 5.35. The van der Waals surface area contributed by atoms with Gasteiger partial charge >= 0.3 is 5.97 Å². The number of aliphatic imine (C=N–C) groups is 1. The molecule has 0 saturated heterocycles. The van der Waals surface area contributed by atoms with E-state index in [4.69, 9.17) is 17.2 Å². The van der Waals surface area contributed by atoms with Gasteiger partial charge in [-0.15, -0.1) is 0 Å². The normalized spacial score (nSPS) is 14.3. The van der Waals surface area contributed by atoms with Crippen molar-refractivity contribution in [2.75, 3.05) is 12.3 Å². The average Bonchev–Trinajstić information content (AvgIpc) is 3.30. The van der Waals surface area contributed by atoms with E-state index in [1.165, 1.54) is 12.5 Å². The van der Waals surface area contributed by atoms with Crippen LogP contribution in [0.5, 0.6) is 0 Å². The molecule has 0 radical (unpaired) electrons. The summed E-state index contributed by atoms with van der Waals surface area (Å²) in [6.45, 7) is 3.59. The SMILES string of the molecule is CC(C)C(NC(=O)C(Cc1cnc[nH]1)NC(=O)C(N)CS)C(=O)NC(CCCN=C(N)N)C(=O)O. The van der Waals surface area contributed by atoms with E-state index in [1.807, 2.05) is 0 Å². The Bertz CT molecular complexity index is 874. The van der Waals surface area contributed by atoms with E-state index in [-0.39, 0.29) is 31.1 Å². The summed E-state index contributed by atoms with van der Waals surface area (Å²) in [4.78, 5) is 60.4. The van der Waals surface area contributed by atoms with E-state index >= 15 is 0 Å². The number of nitrogens with one attached hydrogen (secondary N) is 4. The number of amides is 3. The van der Waals surface area contributed by atoms with Crippen LogP contribution in [-0.2, 0) is 25.6 Å². The van der Waals surface area contributed by atoms with Crippen molar-refractivity contribution in [3.63, 3.8) is 0 Å². The molecule has 196 valence electrons. The fourth-order valence-electron chi connectivity index (χ4n) is 3.00. The van der Waals surface area contributed by atoms with Crippen molar-refractivity contribution in [1.82, 2.24) is 25.9 Å². The number of hydrogen-bond acceptors (Lipinski definition) is 8. The Morgan fingerprint density at radius 3 is 2.29 bits per heavy atom. The number of thiol groups is 1. The molecule has 1 aromatic rings. The maximum absolute atomic E-state index is 13.1. The number of nitrogens with two attached hydrogens (primary N) is 3. The molecule has 0 spiro atoms. The monoisotopic (exact) mass is 513 g/mol. The molecule has 1 aromatic heterocycles. The molecule has 3 amide bonds. The lowest BCUT2D eigenvalue weighted by Crippen LogP contribution is -2.59. The number of nitrogens with zero attached hydrogens (tertiary/aromatic N) is 2. The van der Waals surface area contributed by atoms with E-state index in [0.717, 1.165) is 0 Å². The summed E-state index contributed by atoms with van der Waals surface area (Å²) in [7, 11) is 0. The maximum atomic E-state index is 13.1. The van der Waals surface area contributed by atoms with Gasteiger partial charge < -0.3 is 43.2 Å². The number of carbonyl (C=O) groups is 4. The number of carboxylic acid groups (broad SMARTS) is 1. The van der Waals surface area contributed by atoms with Crippen molar-refractivity contribution < 1.29 is 24.3 Å². The first-order chi connectivity index (χ1) is 16.5. The summed E-state index contributed by atoms with van der Waals surface area (Å²) >= 11 is 3.99. The zero-order valence-electron chi connectivity index (χ0n) is 19.7. The second kappa shape index (κ2) is 14.8. The fraction of sp³-hybridized carbons (Fsp3) is 0.600. The van der Waals surface area contributed by atoms with Crippen molar-refractivity contribution in [1.29, 1.82) is 0 Å². The number of aromatic amines is 1. The summed E-state index contributed by atoms with van der Waals surface area (Å²) in [6, 6.07) is -4.28. The molecule has 14 nitrogen and oxygen atoms in total. The lowest BCUT2D eigenvalue weighted by atomic mass is 10.0. The number of H-pyrrole nitrogens is 1. The van der Waals surface area contributed by atoms with Crippen molar-refractivity contribution in [2.45, 2.75) is 57.3 Å². The third kappa shape index (κ3) is 10.6. The molecule has 15 heteroatoms. The average molecular weight is 514 g/mol. The molecule has 0 aliphatic heterocycles. The predicted octanol–water partition coefficient (Wildman–Crippen LogP) is -2.54. The Morgan fingerprint density at radius 1 is 1.11 bits per heavy atom. The van der Waals surface area contributed by atoms with Crippen LogP contribution in [0.4, 0.5) is 0 Å². The minimum atomic E-state index is -1.23. The highest BCUT2D eigenvalue weighted by Gasteiger charge is 2.32. The molecule has 4 unspecified atom stereocenters. The van der Waals surface area contributed by atoms with Gasteiger partial charge in [0.1, 0.15) is 18.1 Å². The largest absolute Gasteiger partial charge is 0.480 e. The van der Waals surface area contributed by atoms with Gasteiger partial charge in [-0.1, -0.05) is 13.8 Å². The molecule has 0 aromatic carbocycles. The standard InChI is InChI=1S/C20H35N9O5S/c1-10(2)15(18(32)27-13(19(33)34)4-3-5-25-20(22)23)29-17(31)14(6-11-7-24-9-26-11)28-16(30)12(21)8-35/h7,9-10,12-15,35H,3-6,8,21H2,1-2H3,(H,24,26)(H,27,32)(H,28,30)(H,29,31)(H,33,34)(H4,22,23,25). The van der Waals surface area contributed by atoms with Crippen LogP contribution >= 0.6 is 12.6 Å². The van der Waals surface area contributed by atoms with Crippen molar-refractivity contribution in [3.05, 3.63) is 18.2 Å². The first kappa shape index (κ1) is 29.7. The second-order valence-electron chi connectivity index (χ2n) is 8.21. The minimum absolute atomic E-state index is 0.0614. The van der Waals surface area contributed by atoms with E-state index in [0.29, 0.717) is 12.1 Å². The van der Waals surface area contributed by atoms with Gasteiger partial charge in [-0.2, -0.15) is 12.6 Å². The van der Waals surface area contributed by atoms with Gasteiger partial charge in [0.2, 0.25) is 17.7 Å². The molecule has 1 heterocycles. The summed E-state index contributed by atoms with van der Waals surface area (Å²) in [5, 5.41) is 17.1. The van der Waals surface area contributed by atoms with Gasteiger partial charge in [-0.25, -0.2) is 9.78 Å². The maximum Gasteiger partial charge on any atom is 0.326 e. The number of aromatic nitrogens is 2. The number of hydrogen-bond donors (Lipinski definition) is 9. The smallest absolute Gasteiger partial charge is 0.326 e. The zero-order valence-corrected chi connectivity index (χ0v) is 20.6. The van der Waals surface area contributed by atoms with Crippen LogP contribution in [0, 0.1) is 5.92 Å². The highest BCUT2D eigenvalue weighted by molar-refractivity contribution is 7.80. The zero-order chi connectivity index (χ0) is 26.5. The molecule has 0 aliphatic rings. The first-order valence-electron chi connectivity index (χ1n) is 11.0. The molecule has 4 atom stereocenters. The fourth-order valence-corrected chi connectivity index (χ4v) is 3.16. The number of rotatable bonds is 15. The highest BCUT2D eigenvalue weighted by Crippen LogP contribution is 2.07. The number of aliphatic carboxylic acids is 1. The van der Waals surface area contributed by atoms with Gasteiger partial charge in [0.15, 0.2) is 5.96 Å². The van der Waals surface area contributed by atoms with Crippen LogP contribution < -0.4 is 33.2 Å². The third-order valence-electron chi connectivity index (χ3n) is 4.95. The van der Waals surface area contributed by atoms with Crippen LogP contribution in [-0.4, -0.2) is 81.2 Å².